The van der Waals surface area contributed by atoms with Crippen molar-refractivity contribution in [1.82, 2.24) is 15.0 Å². The molecule has 24 heavy (non-hydrogen) atoms. The molecule has 2 aromatic heterocycles. The number of fused-ring (bicyclic) bond motifs is 1. The van der Waals surface area contributed by atoms with E-state index < -0.39 is 0 Å². The summed E-state index contributed by atoms with van der Waals surface area (Å²) in [5, 5.41) is 0. The fraction of sp³-hybridized carbons (Fsp3) is 0.0500. The van der Waals surface area contributed by atoms with E-state index in [0.29, 0.717) is 5.56 Å². The first-order valence-corrected chi connectivity index (χ1v) is 7.65. The second-order valence-electron chi connectivity index (χ2n) is 5.62. The molecule has 116 valence electrons. The average Bonchev–Trinajstić information content (AvgIpc) is 2.63. The van der Waals surface area contributed by atoms with Crippen LogP contribution in [0.25, 0.3) is 33.4 Å². The van der Waals surface area contributed by atoms with Crippen LogP contribution in [0.15, 0.2) is 67.1 Å². The van der Waals surface area contributed by atoms with Crippen LogP contribution in [-0.4, -0.2) is 15.0 Å². The van der Waals surface area contributed by atoms with E-state index in [9.17, 15) is 4.39 Å². The second kappa shape index (κ2) is 5.81. The molecule has 0 fully saturated rings. The van der Waals surface area contributed by atoms with Crippen LogP contribution in [0, 0.1) is 12.7 Å². The second-order valence-corrected chi connectivity index (χ2v) is 5.62. The largest absolute Gasteiger partial charge is 0.256 e. The van der Waals surface area contributed by atoms with Gasteiger partial charge in [0.05, 0.1) is 16.7 Å². The maximum absolute atomic E-state index is 13.6. The smallest absolute Gasteiger partial charge is 0.126 e. The van der Waals surface area contributed by atoms with Gasteiger partial charge in [-0.25, -0.2) is 4.39 Å². The maximum Gasteiger partial charge on any atom is 0.126 e. The van der Waals surface area contributed by atoms with Crippen LogP contribution < -0.4 is 0 Å². The van der Waals surface area contributed by atoms with Gasteiger partial charge in [0.1, 0.15) is 5.82 Å². The molecular weight excluding hydrogens is 301 g/mol. The van der Waals surface area contributed by atoms with Crippen molar-refractivity contribution in [2.24, 2.45) is 0 Å². The Morgan fingerprint density at radius 2 is 1.54 bits per heavy atom. The summed E-state index contributed by atoms with van der Waals surface area (Å²) in [7, 11) is 0. The van der Waals surface area contributed by atoms with Crippen molar-refractivity contribution < 1.29 is 4.39 Å². The Morgan fingerprint density at radius 3 is 2.38 bits per heavy atom. The molecule has 0 saturated heterocycles. The van der Waals surface area contributed by atoms with E-state index in [1.165, 1.54) is 6.07 Å². The van der Waals surface area contributed by atoms with Gasteiger partial charge in [0.15, 0.2) is 0 Å². The van der Waals surface area contributed by atoms with Gasteiger partial charge in [0.2, 0.25) is 0 Å². The molecule has 4 rings (SSSR count). The highest BCUT2D eigenvalue weighted by Gasteiger charge is 2.11. The molecular formula is C20H14FN3. The molecule has 0 N–H and O–H groups in total. The lowest BCUT2D eigenvalue weighted by Crippen LogP contribution is -1.91. The molecule has 0 aliphatic carbocycles. The molecule has 3 nitrogen and oxygen atoms in total. The molecule has 0 amide bonds. The van der Waals surface area contributed by atoms with Gasteiger partial charge in [-0.15, -0.1) is 0 Å². The summed E-state index contributed by atoms with van der Waals surface area (Å²) in [6.45, 7) is 1.76. The van der Waals surface area contributed by atoms with E-state index in [1.807, 2.05) is 36.4 Å². The molecule has 0 bridgehead atoms. The first kappa shape index (κ1) is 14.5. The summed E-state index contributed by atoms with van der Waals surface area (Å²) in [4.78, 5) is 13.2. The minimum Gasteiger partial charge on any atom is -0.256 e. The van der Waals surface area contributed by atoms with Gasteiger partial charge in [-0.2, -0.15) is 0 Å². The Balaban J connectivity index is 1.90. The molecule has 0 spiro atoms. The predicted octanol–water partition coefficient (Wildman–Crippen LogP) is 4.81. The lowest BCUT2D eigenvalue weighted by molar-refractivity contribution is 0.619. The van der Waals surface area contributed by atoms with E-state index in [2.05, 4.69) is 15.0 Å². The number of nitrogens with zero attached hydrogens (tertiary/aromatic N) is 3. The van der Waals surface area contributed by atoms with Crippen molar-refractivity contribution in [3.05, 3.63) is 78.5 Å². The predicted molar refractivity (Wildman–Crippen MR) is 92.9 cm³/mol. The number of rotatable bonds is 2. The number of halogens is 1. The van der Waals surface area contributed by atoms with Gasteiger partial charge >= 0.3 is 0 Å². The topological polar surface area (TPSA) is 38.7 Å². The van der Waals surface area contributed by atoms with E-state index in [-0.39, 0.29) is 5.82 Å². The molecule has 0 atom stereocenters. The molecule has 4 aromatic rings. The first-order chi connectivity index (χ1) is 11.7. The zero-order chi connectivity index (χ0) is 16.5. The van der Waals surface area contributed by atoms with Crippen LogP contribution in [0.1, 0.15) is 5.56 Å². The third-order valence-corrected chi connectivity index (χ3v) is 4.02. The van der Waals surface area contributed by atoms with Gasteiger partial charge in [0, 0.05) is 29.7 Å². The van der Waals surface area contributed by atoms with Crippen LogP contribution in [0.4, 0.5) is 4.39 Å². The van der Waals surface area contributed by atoms with Gasteiger partial charge in [0.25, 0.3) is 0 Å². The fourth-order valence-corrected chi connectivity index (χ4v) is 2.79. The third-order valence-electron chi connectivity index (χ3n) is 4.02. The standard InChI is InChI=1S/C20H14FN3/c1-13-11-15(4-6-17(13)21)20-16(3-2-8-24-20)14-5-7-18-19(12-14)23-10-9-22-18/h2-12H,1H3. The van der Waals surface area contributed by atoms with Crippen molar-refractivity contribution in [3.63, 3.8) is 0 Å². The van der Waals surface area contributed by atoms with Crippen molar-refractivity contribution in [2.45, 2.75) is 6.92 Å². The minimum atomic E-state index is -0.211. The van der Waals surface area contributed by atoms with Crippen molar-refractivity contribution in [1.29, 1.82) is 0 Å². The van der Waals surface area contributed by atoms with E-state index in [4.69, 9.17) is 0 Å². The molecule has 4 heteroatoms. The number of benzene rings is 2. The first-order valence-electron chi connectivity index (χ1n) is 7.65. The minimum absolute atomic E-state index is 0.211. The van der Waals surface area contributed by atoms with Crippen LogP contribution in [-0.2, 0) is 0 Å². The zero-order valence-corrected chi connectivity index (χ0v) is 13.1. The highest BCUT2D eigenvalue weighted by molar-refractivity contribution is 5.86. The van der Waals surface area contributed by atoms with Gasteiger partial charge in [-0.1, -0.05) is 12.1 Å². The number of hydrogen-bond donors (Lipinski definition) is 0. The van der Waals surface area contributed by atoms with E-state index >= 15 is 0 Å². The molecule has 0 aliphatic rings. The number of pyridine rings is 1. The Labute approximate surface area is 138 Å². The summed E-state index contributed by atoms with van der Waals surface area (Å²) in [6.07, 6.45) is 5.11. The summed E-state index contributed by atoms with van der Waals surface area (Å²) < 4.78 is 13.6. The van der Waals surface area contributed by atoms with Crippen LogP contribution >= 0.6 is 0 Å². The van der Waals surface area contributed by atoms with Crippen molar-refractivity contribution >= 4 is 11.0 Å². The normalized spacial score (nSPS) is 10.9. The quantitative estimate of drug-likeness (QED) is 0.533. The molecule has 2 aromatic carbocycles. The summed E-state index contributed by atoms with van der Waals surface area (Å²) in [5.41, 5.74) is 6.00. The zero-order valence-electron chi connectivity index (χ0n) is 13.1. The highest BCUT2D eigenvalue weighted by Crippen LogP contribution is 2.32. The average molecular weight is 315 g/mol. The van der Waals surface area contributed by atoms with Crippen LogP contribution in [0.3, 0.4) is 0 Å². The van der Waals surface area contributed by atoms with Gasteiger partial charge < -0.3 is 0 Å². The summed E-state index contributed by atoms with van der Waals surface area (Å²) in [6, 6.07) is 14.9. The Kier molecular flexibility index (Phi) is 3.50. The number of hydrogen-bond acceptors (Lipinski definition) is 3. The Hall–Kier alpha value is -3.14. The molecule has 0 saturated carbocycles. The van der Waals surface area contributed by atoms with Gasteiger partial charge in [-0.3, -0.25) is 15.0 Å². The van der Waals surface area contributed by atoms with E-state index in [0.717, 1.165) is 33.4 Å². The Morgan fingerprint density at radius 1 is 0.750 bits per heavy atom. The SMILES string of the molecule is Cc1cc(-c2ncccc2-c2ccc3nccnc3c2)ccc1F. The van der Waals surface area contributed by atoms with E-state index in [1.54, 1.807) is 31.6 Å². The summed E-state index contributed by atoms with van der Waals surface area (Å²) in [5.74, 6) is -0.211. The van der Waals surface area contributed by atoms with Crippen molar-refractivity contribution in [3.8, 4) is 22.4 Å². The van der Waals surface area contributed by atoms with Crippen molar-refractivity contribution in [2.75, 3.05) is 0 Å². The summed E-state index contributed by atoms with van der Waals surface area (Å²) >= 11 is 0. The van der Waals surface area contributed by atoms with Crippen LogP contribution in [0.2, 0.25) is 0 Å². The Bertz CT molecular complexity index is 1040. The monoisotopic (exact) mass is 315 g/mol. The molecule has 0 unspecified atom stereocenters. The fourth-order valence-electron chi connectivity index (χ4n) is 2.79. The van der Waals surface area contributed by atoms with Crippen LogP contribution in [0.5, 0.6) is 0 Å². The maximum atomic E-state index is 13.6. The molecule has 2 heterocycles. The number of aromatic nitrogens is 3. The lowest BCUT2D eigenvalue weighted by Gasteiger charge is -2.10. The molecule has 0 radical (unpaired) electrons. The molecule has 0 aliphatic heterocycles. The number of aryl methyl sites for hydroxylation is 1. The van der Waals surface area contributed by atoms with Gasteiger partial charge in [-0.05, 0) is 54.4 Å². The lowest BCUT2D eigenvalue weighted by atomic mass is 9.98. The third kappa shape index (κ3) is 2.52. The highest BCUT2D eigenvalue weighted by atomic mass is 19.1.